The highest BCUT2D eigenvalue weighted by Crippen LogP contribution is 2.33. The van der Waals surface area contributed by atoms with E-state index in [1.54, 1.807) is 11.3 Å². The molecule has 7 heteroatoms. The van der Waals surface area contributed by atoms with Crippen LogP contribution in [0.2, 0.25) is 0 Å². The molecule has 1 aliphatic heterocycles. The average Bonchev–Trinajstić information content (AvgIpc) is 3.24. The second-order valence-corrected chi connectivity index (χ2v) is 10.3. The van der Waals surface area contributed by atoms with Crippen LogP contribution in [0.25, 0.3) is 20.2 Å². The van der Waals surface area contributed by atoms with E-state index in [9.17, 15) is 9.59 Å². The maximum absolute atomic E-state index is 13.5. The molecule has 2 aromatic heterocycles. The van der Waals surface area contributed by atoms with Crippen LogP contribution in [-0.2, 0) is 4.79 Å². The normalized spacial score (nSPS) is 19.6. The average molecular weight is 453 g/mol. The van der Waals surface area contributed by atoms with Crippen molar-refractivity contribution in [1.82, 2.24) is 19.6 Å². The maximum Gasteiger partial charge on any atom is 0.276 e. The third kappa shape index (κ3) is 3.75. The summed E-state index contributed by atoms with van der Waals surface area (Å²) in [5, 5.41) is 6.29. The smallest absolute Gasteiger partial charge is 0.276 e. The number of thiophene rings is 1. The van der Waals surface area contributed by atoms with Crippen molar-refractivity contribution in [2.45, 2.75) is 64.5 Å². The summed E-state index contributed by atoms with van der Waals surface area (Å²) in [5.41, 5.74) is 0.665. The number of benzene rings is 1. The second-order valence-electron chi connectivity index (χ2n) is 9.21. The number of rotatable bonds is 4. The molecule has 3 heterocycles. The summed E-state index contributed by atoms with van der Waals surface area (Å²) in [7, 11) is 0. The Morgan fingerprint density at radius 2 is 1.84 bits per heavy atom. The van der Waals surface area contributed by atoms with Crippen LogP contribution in [0.5, 0.6) is 0 Å². The number of fused-ring (bicyclic) bond motifs is 3. The Bertz CT molecular complexity index is 1190. The standard InChI is InChI=1S/C25H32N4O2S/c1-3-20(24(30)28-15-13-27(14-16-28)18-9-5-4-6-10-18)29-25(31)22-19-11-7-8-12-21(19)32-23(22)17(2)26-29/h7-8,11-12,18,20H,3-6,9-10,13-16H2,1-2H3. The monoisotopic (exact) mass is 452 g/mol. The number of carbonyl (C=O) groups is 1. The van der Waals surface area contributed by atoms with E-state index < -0.39 is 6.04 Å². The van der Waals surface area contributed by atoms with Crippen molar-refractivity contribution in [2.24, 2.45) is 0 Å². The Morgan fingerprint density at radius 1 is 1.12 bits per heavy atom. The fourth-order valence-corrected chi connectivity index (χ4v) is 6.64. The van der Waals surface area contributed by atoms with Gasteiger partial charge in [-0.3, -0.25) is 14.5 Å². The van der Waals surface area contributed by atoms with E-state index in [2.05, 4.69) is 10.00 Å². The fourth-order valence-electron chi connectivity index (χ4n) is 5.51. The third-order valence-electron chi connectivity index (χ3n) is 7.29. The number of hydrogen-bond acceptors (Lipinski definition) is 5. The summed E-state index contributed by atoms with van der Waals surface area (Å²) in [6.45, 7) is 7.26. The molecule has 170 valence electrons. The van der Waals surface area contributed by atoms with Crippen LogP contribution in [0, 0.1) is 6.92 Å². The van der Waals surface area contributed by atoms with Gasteiger partial charge in [0.2, 0.25) is 5.91 Å². The van der Waals surface area contributed by atoms with Gasteiger partial charge in [-0.1, -0.05) is 44.4 Å². The summed E-state index contributed by atoms with van der Waals surface area (Å²) in [6.07, 6.45) is 7.15. The fraction of sp³-hybridized carbons (Fsp3) is 0.560. The Labute approximate surface area is 192 Å². The molecule has 0 N–H and O–H groups in total. The van der Waals surface area contributed by atoms with Crippen molar-refractivity contribution in [1.29, 1.82) is 0 Å². The molecule has 1 saturated heterocycles. The van der Waals surface area contributed by atoms with Gasteiger partial charge in [-0.05, 0) is 32.3 Å². The topological polar surface area (TPSA) is 58.4 Å². The van der Waals surface area contributed by atoms with Crippen molar-refractivity contribution < 1.29 is 4.79 Å². The van der Waals surface area contributed by atoms with E-state index in [0.29, 0.717) is 17.8 Å². The summed E-state index contributed by atoms with van der Waals surface area (Å²) in [6, 6.07) is 8.12. The molecule has 1 atom stereocenters. The number of hydrogen-bond donors (Lipinski definition) is 0. The van der Waals surface area contributed by atoms with Crippen molar-refractivity contribution in [3.8, 4) is 0 Å². The molecule has 1 saturated carbocycles. The maximum atomic E-state index is 13.5. The largest absolute Gasteiger partial charge is 0.338 e. The van der Waals surface area contributed by atoms with Crippen LogP contribution in [-0.4, -0.2) is 57.7 Å². The molecular weight excluding hydrogens is 420 g/mol. The summed E-state index contributed by atoms with van der Waals surface area (Å²) >= 11 is 1.60. The molecule has 1 unspecified atom stereocenters. The molecule has 3 aromatic rings. The lowest BCUT2D eigenvalue weighted by Crippen LogP contribution is -2.54. The number of nitrogens with zero attached hydrogens (tertiary/aromatic N) is 4. The Kier molecular flexibility index (Phi) is 6.03. The zero-order chi connectivity index (χ0) is 22.2. The summed E-state index contributed by atoms with van der Waals surface area (Å²) < 4.78 is 3.48. The van der Waals surface area contributed by atoms with E-state index >= 15 is 0 Å². The minimum Gasteiger partial charge on any atom is -0.338 e. The predicted octanol–water partition coefficient (Wildman–Crippen LogP) is 4.35. The van der Waals surface area contributed by atoms with Crippen LogP contribution in [0.15, 0.2) is 29.1 Å². The number of aryl methyl sites for hydroxylation is 1. The van der Waals surface area contributed by atoms with Gasteiger partial charge >= 0.3 is 0 Å². The number of amides is 1. The molecule has 0 radical (unpaired) electrons. The van der Waals surface area contributed by atoms with Gasteiger partial charge < -0.3 is 4.90 Å². The number of aromatic nitrogens is 2. The first-order valence-corrected chi connectivity index (χ1v) is 12.8. The van der Waals surface area contributed by atoms with Crippen molar-refractivity contribution in [2.75, 3.05) is 26.2 Å². The van der Waals surface area contributed by atoms with Gasteiger partial charge in [0.25, 0.3) is 5.56 Å². The molecule has 0 spiro atoms. The Hall–Kier alpha value is -2.25. The van der Waals surface area contributed by atoms with E-state index in [-0.39, 0.29) is 11.5 Å². The van der Waals surface area contributed by atoms with E-state index in [4.69, 9.17) is 0 Å². The Morgan fingerprint density at radius 3 is 2.56 bits per heavy atom. The highest BCUT2D eigenvalue weighted by Gasteiger charge is 2.32. The van der Waals surface area contributed by atoms with Crippen LogP contribution >= 0.6 is 11.3 Å². The van der Waals surface area contributed by atoms with Crippen LogP contribution < -0.4 is 5.56 Å². The molecular formula is C25H32N4O2S. The summed E-state index contributed by atoms with van der Waals surface area (Å²) in [5.74, 6) is 0.0312. The van der Waals surface area contributed by atoms with Crippen molar-refractivity contribution >= 4 is 37.4 Å². The van der Waals surface area contributed by atoms with Crippen molar-refractivity contribution in [3.63, 3.8) is 0 Å². The highest BCUT2D eigenvalue weighted by molar-refractivity contribution is 7.26. The Balaban J connectivity index is 1.41. The first kappa shape index (κ1) is 21.6. The van der Waals surface area contributed by atoms with E-state index in [1.807, 2.05) is 43.0 Å². The SMILES string of the molecule is CCC(C(=O)N1CCN(C2CCCCC2)CC1)n1nc(C)c2sc3ccccc3c2c1=O. The third-order valence-corrected chi connectivity index (χ3v) is 8.57. The predicted molar refractivity (Wildman–Crippen MR) is 130 cm³/mol. The van der Waals surface area contributed by atoms with Gasteiger partial charge in [-0.25, -0.2) is 4.68 Å². The lowest BCUT2D eigenvalue weighted by atomic mass is 9.94. The van der Waals surface area contributed by atoms with Gasteiger partial charge in [-0.15, -0.1) is 11.3 Å². The number of piperazine rings is 1. The van der Waals surface area contributed by atoms with Crippen molar-refractivity contribution in [3.05, 3.63) is 40.3 Å². The van der Waals surface area contributed by atoms with Crippen LogP contribution in [0.1, 0.15) is 57.2 Å². The zero-order valence-corrected chi connectivity index (χ0v) is 19.9. The lowest BCUT2D eigenvalue weighted by Gasteiger charge is -2.41. The van der Waals surface area contributed by atoms with Gasteiger partial charge in [0, 0.05) is 42.3 Å². The minimum atomic E-state index is -0.550. The molecule has 6 nitrogen and oxygen atoms in total. The van der Waals surface area contributed by atoms with Gasteiger partial charge in [0.1, 0.15) is 6.04 Å². The van der Waals surface area contributed by atoms with Gasteiger partial charge in [0.05, 0.1) is 15.8 Å². The molecule has 5 rings (SSSR count). The van der Waals surface area contributed by atoms with Gasteiger partial charge in [0.15, 0.2) is 0 Å². The first-order chi connectivity index (χ1) is 15.6. The molecule has 2 fully saturated rings. The molecule has 1 aromatic carbocycles. The van der Waals surface area contributed by atoms with E-state index in [1.165, 1.54) is 36.8 Å². The molecule has 1 aliphatic carbocycles. The molecule has 1 amide bonds. The quantitative estimate of drug-likeness (QED) is 0.591. The highest BCUT2D eigenvalue weighted by atomic mass is 32.1. The zero-order valence-electron chi connectivity index (χ0n) is 19.0. The number of carbonyl (C=O) groups excluding carboxylic acids is 1. The van der Waals surface area contributed by atoms with Gasteiger partial charge in [-0.2, -0.15) is 5.10 Å². The van der Waals surface area contributed by atoms with Crippen LogP contribution in [0.3, 0.4) is 0 Å². The first-order valence-electron chi connectivity index (χ1n) is 12.0. The second kappa shape index (κ2) is 8.94. The van der Waals surface area contributed by atoms with E-state index in [0.717, 1.165) is 46.7 Å². The minimum absolute atomic E-state index is 0.0312. The molecule has 0 bridgehead atoms. The summed E-state index contributed by atoms with van der Waals surface area (Å²) in [4.78, 5) is 31.6. The lowest BCUT2D eigenvalue weighted by molar-refractivity contribution is -0.137. The molecule has 2 aliphatic rings. The molecule has 32 heavy (non-hydrogen) atoms. The van der Waals surface area contributed by atoms with Crippen LogP contribution in [0.4, 0.5) is 0 Å².